The fourth-order valence-electron chi connectivity index (χ4n) is 2.81. The van der Waals surface area contributed by atoms with Crippen LogP contribution in [0.5, 0.6) is 0 Å². The normalized spacial score (nSPS) is 22.7. The average molecular weight is 325 g/mol. The molecule has 0 radical (unpaired) electrons. The Balaban J connectivity index is 1.97. The van der Waals surface area contributed by atoms with E-state index < -0.39 is 0 Å². The van der Waals surface area contributed by atoms with Gasteiger partial charge in [0.1, 0.15) is 0 Å². The van der Waals surface area contributed by atoms with Gasteiger partial charge in [0.05, 0.1) is 0 Å². The summed E-state index contributed by atoms with van der Waals surface area (Å²) < 4.78 is 1.20. The van der Waals surface area contributed by atoms with Crippen LogP contribution in [-0.2, 0) is 5.41 Å². The minimum absolute atomic E-state index is 0.132. The SMILES string of the molecule is CC1(C)CC(NCC(C)(C)c2ccccc2Br)CN1. The quantitative estimate of drug-likeness (QED) is 0.886. The lowest BCUT2D eigenvalue weighted by Gasteiger charge is -2.29. The molecule has 1 atom stereocenters. The summed E-state index contributed by atoms with van der Waals surface area (Å²) in [6.07, 6.45) is 1.19. The van der Waals surface area contributed by atoms with Gasteiger partial charge in [-0.05, 0) is 31.9 Å². The minimum atomic E-state index is 0.132. The van der Waals surface area contributed by atoms with Gasteiger partial charge in [0, 0.05) is 34.6 Å². The molecule has 2 nitrogen and oxygen atoms in total. The maximum Gasteiger partial charge on any atom is 0.0213 e. The molecule has 3 heteroatoms. The Labute approximate surface area is 125 Å². The van der Waals surface area contributed by atoms with Crippen LogP contribution in [-0.4, -0.2) is 24.7 Å². The topological polar surface area (TPSA) is 24.1 Å². The van der Waals surface area contributed by atoms with Gasteiger partial charge in [0.25, 0.3) is 0 Å². The molecule has 1 fully saturated rings. The second-order valence-corrected chi connectivity index (χ2v) is 7.76. The summed E-state index contributed by atoms with van der Waals surface area (Å²) in [7, 11) is 0. The molecule has 106 valence electrons. The fraction of sp³-hybridized carbons (Fsp3) is 0.625. The summed E-state index contributed by atoms with van der Waals surface area (Å²) in [5, 5.41) is 7.28. The minimum Gasteiger partial charge on any atom is -0.312 e. The first-order valence-electron chi connectivity index (χ1n) is 7.04. The van der Waals surface area contributed by atoms with Crippen molar-refractivity contribution in [2.45, 2.75) is 51.1 Å². The summed E-state index contributed by atoms with van der Waals surface area (Å²) in [5.74, 6) is 0. The zero-order chi connectivity index (χ0) is 14.1. The lowest BCUT2D eigenvalue weighted by atomic mass is 9.84. The Morgan fingerprint density at radius 1 is 1.37 bits per heavy atom. The average Bonchev–Trinajstić information content (AvgIpc) is 2.67. The molecule has 0 bridgehead atoms. The van der Waals surface area contributed by atoms with Gasteiger partial charge in [-0.1, -0.05) is 48.0 Å². The Kier molecular flexibility index (Phi) is 4.38. The van der Waals surface area contributed by atoms with Crippen LogP contribution in [0.1, 0.15) is 39.7 Å². The summed E-state index contributed by atoms with van der Waals surface area (Å²) in [6, 6.07) is 9.10. The highest BCUT2D eigenvalue weighted by Gasteiger charge is 2.31. The van der Waals surface area contributed by atoms with Crippen molar-refractivity contribution in [3.63, 3.8) is 0 Å². The number of rotatable bonds is 4. The van der Waals surface area contributed by atoms with E-state index in [9.17, 15) is 0 Å². The summed E-state index contributed by atoms with van der Waals surface area (Å²) >= 11 is 3.66. The molecular formula is C16H25BrN2. The van der Waals surface area contributed by atoms with Gasteiger partial charge >= 0.3 is 0 Å². The van der Waals surface area contributed by atoms with Crippen molar-refractivity contribution in [1.29, 1.82) is 0 Å². The predicted octanol–water partition coefficient (Wildman–Crippen LogP) is 3.46. The molecule has 0 aliphatic carbocycles. The summed E-state index contributed by atoms with van der Waals surface area (Å²) in [6.45, 7) is 11.2. The van der Waals surface area contributed by atoms with Gasteiger partial charge in [-0.2, -0.15) is 0 Å². The van der Waals surface area contributed by atoms with Crippen LogP contribution in [0.2, 0.25) is 0 Å². The van der Waals surface area contributed by atoms with E-state index in [1.165, 1.54) is 16.5 Å². The maximum absolute atomic E-state index is 3.72. The molecule has 1 heterocycles. The summed E-state index contributed by atoms with van der Waals surface area (Å²) in [4.78, 5) is 0. The molecule has 2 N–H and O–H groups in total. The van der Waals surface area contributed by atoms with E-state index in [1.54, 1.807) is 0 Å². The molecule has 0 aromatic heterocycles. The Morgan fingerprint density at radius 3 is 2.63 bits per heavy atom. The molecule has 1 unspecified atom stereocenters. The summed E-state index contributed by atoms with van der Waals surface area (Å²) in [5.41, 5.74) is 1.77. The molecular weight excluding hydrogens is 300 g/mol. The molecule has 0 spiro atoms. The molecule has 1 aromatic carbocycles. The Morgan fingerprint density at radius 2 is 2.05 bits per heavy atom. The van der Waals surface area contributed by atoms with Gasteiger partial charge in [-0.3, -0.25) is 0 Å². The second-order valence-electron chi connectivity index (χ2n) is 6.91. The lowest BCUT2D eigenvalue weighted by Crippen LogP contribution is -2.40. The third kappa shape index (κ3) is 3.80. The number of nitrogens with one attached hydrogen (secondary N) is 2. The van der Waals surface area contributed by atoms with E-state index in [-0.39, 0.29) is 11.0 Å². The van der Waals surface area contributed by atoms with Crippen molar-refractivity contribution in [2.75, 3.05) is 13.1 Å². The van der Waals surface area contributed by atoms with Gasteiger partial charge < -0.3 is 10.6 Å². The van der Waals surface area contributed by atoms with Crippen molar-refractivity contribution in [3.8, 4) is 0 Å². The first-order chi connectivity index (χ1) is 8.80. The van der Waals surface area contributed by atoms with Crippen molar-refractivity contribution in [1.82, 2.24) is 10.6 Å². The highest BCUT2D eigenvalue weighted by Crippen LogP contribution is 2.30. The molecule has 1 saturated heterocycles. The van der Waals surface area contributed by atoms with Crippen molar-refractivity contribution in [3.05, 3.63) is 34.3 Å². The van der Waals surface area contributed by atoms with E-state index in [1.807, 2.05) is 0 Å². The molecule has 0 amide bonds. The van der Waals surface area contributed by atoms with Crippen LogP contribution in [0.4, 0.5) is 0 Å². The Hall–Kier alpha value is -0.380. The van der Waals surface area contributed by atoms with Crippen LogP contribution in [0.25, 0.3) is 0 Å². The third-order valence-electron chi connectivity index (χ3n) is 4.02. The van der Waals surface area contributed by atoms with E-state index in [4.69, 9.17) is 0 Å². The lowest BCUT2D eigenvalue weighted by molar-refractivity contribution is 0.406. The maximum atomic E-state index is 3.72. The molecule has 1 aromatic rings. The van der Waals surface area contributed by atoms with Crippen LogP contribution in [0, 0.1) is 0 Å². The standard InChI is InChI=1S/C16H25BrN2/c1-15(2,13-7-5-6-8-14(13)17)11-18-12-9-16(3,4)19-10-12/h5-8,12,18-19H,9-11H2,1-4H3. The van der Waals surface area contributed by atoms with E-state index in [0.717, 1.165) is 13.1 Å². The van der Waals surface area contributed by atoms with Crippen molar-refractivity contribution >= 4 is 15.9 Å². The number of hydrogen-bond donors (Lipinski definition) is 2. The number of benzene rings is 1. The van der Waals surface area contributed by atoms with Gasteiger partial charge in [0.15, 0.2) is 0 Å². The zero-order valence-electron chi connectivity index (χ0n) is 12.4. The predicted molar refractivity (Wildman–Crippen MR) is 85.7 cm³/mol. The van der Waals surface area contributed by atoms with Gasteiger partial charge in [0.2, 0.25) is 0 Å². The fourth-order valence-corrected chi connectivity index (χ4v) is 3.63. The van der Waals surface area contributed by atoms with E-state index in [0.29, 0.717) is 6.04 Å². The first-order valence-corrected chi connectivity index (χ1v) is 7.83. The van der Waals surface area contributed by atoms with Crippen LogP contribution in [0.3, 0.4) is 0 Å². The monoisotopic (exact) mass is 324 g/mol. The second kappa shape index (κ2) is 5.55. The molecule has 1 aliphatic heterocycles. The van der Waals surface area contributed by atoms with Crippen molar-refractivity contribution in [2.24, 2.45) is 0 Å². The largest absolute Gasteiger partial charge is 0.312 e. The third-order valence-corrected chi connectivity index (χ3v) is 4.71. The highest BCUT2D eigenvalue weighted by molar-refractivity contribution is 9.10. The molecule has 2 rings (SSSR count). The highest BCUT2D eigenvalue weighted by atomic mass is 79.9. The van der Waals surface area contributed by atoms with Crippen LogP contribution >= 0.6 is 15.9 Å². The Bertz CT molecular complexity index is 440. The van der Waals surface area contributed by atoms with Crippen molar-refractivity contribution < 1.29 is 0 Å². The molecule has 19 heavy (non-hydrogen) atoms. The van der Waals surface area contributed by atoms with E-state index in [2.05, 4.69) is 78.5 Å². The van der Waals surface area contributed by atoms with Gasteiger partial charge in [-0.15, -0.1) is 0 Å². The number of hydrogen-bond acceptors (Lipinski definition) is 2. The first kappa shape index (κ1) is 15.0. The smallest absolute Gasteiger partial charge is 0.0213 e. The van der Waals surface area contributed by atoms with Crippen LogP contribution < -0.4 is 10.6 Å². The zero-order valence-corrected chi connectivity index (χ0v) is 14.0. The molecule has 1 aliphatic rings. The van der Waals surface area contributed by atoms with E-state index >= 15 is 0 Å². The number of halogens is 1. The molecule has 0 saturated carbocycles. The van der Waals surface area contributed by atoms with Crippen LogP contribution in [0.15, 0.2) is 28.7 Å². The van der Waals surface area contributed by atoms with Gasteiger partial charge in [-0.25, -0.2) is 0 Å².